The molecule has 0 radical (unpaired) electrons. The number of hydrogen-bond acceptors (Lipinski definition) is 4. The third-order valence-corrected chi connectivity index (χ3v) is 1.86. The van der Waals surface area contributed by atoms with Crippen LogP contribution in [0.25, 0.3) is 0 Å². The van der Waals surface area contributed by atoms with Gasteiger partial charge in [-0.1, -0.05) is 0 Å². The Morgan fingerprint density at radius 2 is 1.75 bits per heavy atom. The third kappa shape index (κ3) is 2.16. The van der Waals surface area contributed by atoms with Crippen molar-refractivity contribution in [2.75, 3.05) is 7.11 Å². The molecule has 1 aromatic carbocycles. The van der Waals surface area contributed by atoms with Crippen molar-refractivity contribution in [3.05, 3.63) is 29.8 Å². The van der Waals surface area contributed by atoms with Gasteiger partial charge in [0.25, 0.3) is 0 Å². The van der Waals surface area contributed by atoms with Gasteiger partial charge < -0.3 is 9.84 Å². The molecular formula is C10H8F2O4. The fraction of sp³-hybridized carbons (Fsp3) is 0.200. The summed E-state index contributed by atoms with van der Waals surface area (Å²) in [6, 6.07) is 4.13. The van der Waals surface area contributed by atoms with Crippen LogP contribution in [0.5, 0.6) is 5.75 Å². The molecule has 0 aliphatic rings. The SMILES string of the molecule is COC(=O)C(F)(F)C(=O)c1ccc(O)cc1. The summed E-state index contributed by atoms with van der Waals surface area (Å²) in [5, 5.41) is 8.91. The van der Waals surface area contributed by atoms with Crippen molar-refractivity contribution in [3.63, 3.8) is 0 Å². The van der Waals surface area contributed by atoms with E-state index in [-0.39, 0.29) is 11.3 Å². The number of carbonyl (C=O) groups is 2. The Balaban J connectivity index is 3.02. The molecule has 0 spiro atoms. The zero-order valence-electron chi connectivity index (χ0n) is 8.24. The van der Waals surface area contributed by atoms with Crippen molar-refractivity contribution in [2.45, 2.75) is 5.92 Å². The van der Waals surface area contributed by atoms with Crippen LogP contribution in [0.3, 0.4) is 0 Å². The van der Waals surface area contributed by atoms with E-state index in [0.29, 0.717) is 0 Å². The summed E-state index contributed by atoms with van der Waals surface area (Å²) >= 11 is 0. The van der Waals surface area contributed by atoms with Gasteiger partial charge in [-0.15, -0.1) is 0 Å². The fourth-order valence-electron chi connectivity index (χ4n) is 1.01. The van der Waals surface area contributed by atoms with Crippen molar-refractivity contribution in [1.82, 2.24) is 0 Å². The molecule has 0 bridgehead atoms. The Kier molecular flexibility index (Phi) is 3.22. The van der Waals surface area contributed by atoms with Crippen LogP contribution < -0.4 is 0 Å². The van der Waals surface area contributed by atoms with E-state index in [9.17, 15) is 18.4 Å². The van der Waals surface area contributed by atoms with Gasteiger partial charge >= 0.3 is 11.9 Å². The summed E-state index contributed by atoms with van der Waals surface area (Å²) in [5.74, 6) is -7.96. The Morgan fingerprint density at radius 1 is 1.25 bits per heavy atom. The van der Waals surface area contributed by atoms with Gasteiger partial charge in [0.1, 0.15) is 5.75 Å². The Morgan fingerprint density at radius 3 is 2.19 bits per heavy atom. The molecule has 1 rings (SSSR count). The highest BCUT2D eigenvalue weighted by Gasteiger charge is 2.48. The van der Waals surface area contributed by atoms with Gasteiger partial charge in [0.2, 0.25) is 5.78 Å². The van der Waals surface area contributed by atoms with Gasteiger partial charge in [0.05, 0.1) is 7.11 Å². The largest absolute Gasteiger partial charge is 0.508 e. The Hall–Kier alpha value is -1.98. The molecule has 86 valence electrons. The molecule has 0 aliphatic heterocycles. The average molecular weight is 230 g/mol. The van der Waals surface area contributed by atoms with Crippen molar-refractivity contribution in [2.24, 2.45) is 0 Å². The number of methoxy groups -OCH3 is 1. The monoisotopic (exact) mass is 230 g/mol. The van der Waals surface area contributed by atoms with Gasteiger partial charge in [-0.05, 0) is 24.3 Å². The second-order valence-corrected chi connectivity index (χ2v) is 2.94. The van der Waals surface area contributed by atoms with Crippen LogP contribution in [-0.2, 0) is 9.53 Å². The molecular weight excluding hydrogens is 222 g/mol. The van der Waals surface area contributed by atoms with Gasteiger partial charge in [0.15, 0.2) is 0 Å². The van der Waals surface area contributed by atoms with Crippen LogP contribution in [0.1, 0.15) is 10.4 Å². The minimum Gasteiger partial charge on any atom is -0.508 e. The van der Waals surface area contributed by atoms with Crippen molar-refractivity contribution >= 4 is 11.8 Å². The number of rotatable bonds is 3. The van der Waals surface area contributed by atoms with E-state index in [1.807, 2.05) is 0 Å². The fourth-order valence-corrected chi connectivity index (χ4v) is 1.01. The minimum atomic E-state index is -4.22. The maximum atomic E-state index is 13.1. The molecule has 1 N–H and O–H groups in total. The summed E-state index contributed by atoms with van der Waals surface area (Å²) in [6.45, 7) is 0. The first-order chi connectivity index (χ1) is 7.39. The zero-order chi connectivity index (χ0) is 12.3. The number of carbonyl (C=O) groups excluding carboxylic acids is 2. The molecule has 1 aromatic rings. The van der Waals surface area contributed by atoms with Crippen LogP contribution >= 0.6 is 0 Å². The lowest BCUT2D eigenvalue weighted by molar-refractivity contribution is -0.161. The quantitative estimate of drug-likeness (QED) is 0.484. The van der Waals surface area contributed by atoms with Crippen LogP contribution in [0, 0.1) is 0 Å². The summed E-state index contributed by atoms with van der Waals surface area (Å²) in [4.78, 5) is 21.9. The molecule has 6 heteroatoms. The van der Waals surface area contributed by atoms with E-state index in [1.54, 1.807) is 0 Å². The van der Waals surface area contributed by atoms with Crippen molar-refractivity contribution in [1.29, 1.82) is 0 Å². The molecule has 0 aromatic heterocycles. The number of hydrogen-bond donors (Lipinski definition) is 1. The highest BCUT2D eigenvalue weighted by Crippen LogP contribution is 2.22. The first-order valence-electron chi connectivity index (χ1n) is 4.19. The molecule has 4 nitrogen and oxygen atoms in total. The van der Waals surface area contributed by atoms with Gasteiger partial charge in [-0.2, -0.15) is 8.78 Å². The number of alkyl halides is 2. The van der Waals surface area contributed by atoms with E-state index < -0.39 is 17.7 Å². The average Bonchev–Trinajstić information content (AvgIpc) is 2.28. The molecule has 16 heavy (non-hydrogen) atoms. The summed E-state index contributed by atoms with van der Waals surface area (Å²) in [6.07, 6.45) is 0. The number of phenols is 1. The molecule has 0 saturated carbocycles. The summed E-state index contributed by atoms with van der Waals surface area (Å²) in [7, 11) is 0.764. The number of Topliss-reactive ketones (excluding diaryl/α,β-unsaturated/α-hetero) is 1. The van der Waals surface area contributed by atoms with E-state index in [0.717, 1.165) is 31.4 Å². The van der Waals surface area contributed by atoms with Crippen LogP contribution in [0.4, 0.5) is 8.78 Å². The second-order valence-electron chi connectivity index (χ2n) is 2.94. The van der Waals surface area contributed by atoms with E-state index >= 15 is 0 Å². The smallest absolute Gasteiger partial charge is 0.404 e. The zero-order valence-corrected chi connectivity index (χ0v) is 8.24. The number of ketones is 1. The lowest BCUT2D eigenvalue weighted by Gasteiger charge is -2.11. The van der Waals surface area contributed by atoms with Gasteiger partial charge in [-0.3, -0.25) is 4.79 Å². The van der Waals surface area contributed by atoms with Gasteiger partial charge in [-0.25, -0.2) is 4.79 Å². The number of benzene rings is 1. The number of aromatic hydroxyl groups is 1. The normalized spacial score (nSPS) is 10.9. The lowest BCUT2D eigenvalue weighted by atomic mass is 10.1. The highest BCUT2D eigenvalue weighted by atomic mass is 19.3. The first-order valence-corrected chi connectivity index (χ1v) is 4.19. The molecule has 0 fully saturated rings. The molecule has 0 heterocycles. The predicted molar refractivity (Wildman–Crippen MR) is 49.4 cm³/mol. The van der Waals surface area contributed by atoms with Crippen LogP contribution in [-0.4, -0.2) is 29.9 Å². The lowest BCUT2D eigenvalue weighted by Crippen LogP contribution is -2.38. The third-order valence-electron chi connectivity index (χ3n) is 1.86. The second kappa shape index (κ2) is 4.26. The molecule has 0 unspecified atom stereocenters. The van der Waals surface area contributed by atoms with Crippen molar-refractivity contribution < 1.29 is 28.2 Å². The first kappa shape index (κ1) is 12.1. The van der Waals surface area contributed by atoms with E-state index in [2.05, 4.69) is 4.74 Å². The Labute approximate surface area is 89.5 Å². The molecule has 0 saturated heterocycles. The number of phenolic OH excluding ortho intramolecular Hbond substituents is 1. The van der Waals surface area contributed by atoms with Gasteiger partial charge in [0, 0.05) is 5.56 Å². The molecule has 0 atom stereocenters. The van der Waals surface area contributed by atoms with Crippen molar-refractivity contribution in [3.8, 4) is 5.75 Å². The maximum absolute atomic E-state index is 13.1. The molecule has 0 amide bonds. The number of halogens is 2. The van der Waals surface area contributed by atoms with E-state index in [4.69, 9.17) is 5.11 Å². The molecule has 0 aliphatic carbocycles. The number of esters is 1. The maximum Gasteiger partial charge on any atom is 0.404 e. The number of ether oxygens (including phenoxy) is 1. The standard InChI is InChI=1S/C10H8F2O4/c1-16-9(15)10(11,12)8(14)6-2-4-7(13)5-3-6/h2-5,13H,1H3. The Bertz CT molecular complexity index is 411. The topological polar surface area (TPSA) is 63.6 Å². The predicted octanol–water partition coefficient (Wildman–Crippen LogP) is 1.38. The summed E-state index contributed by atoms with van der Waals surface area (Å²) in [5.41, 5.74) is -0.381. The van der Waals surface area contributed by atoms with Crippen LogP contribution in [0.15, 0.2) is 24.3 Å². The highest BCUT2D eigenvalue weighted by molar-refractivity contribution is 6.13. The minimum absolute atomic E-state index is 0.169. The van der Waals surface area contributed by atoms with Crippen LogP contribution in [0.2, 0.25) is 0 Å². The summed E-state index contributed by atoms with van der Waals surface area (Å²) < 4.78 is 30.0. The van der Waals surface area contributed by atoms with E-state index in [1.165, 1.54) is 0 Å².